The summed E-state index contributed by atoms with van der Waals surface area (Å²) < 4.78 is 2.32. The standard InChI is InChI=1S/C22H16N2/c1-4-12-20-16(7-1)15-9-5-10-17(15)22-18-8-2-3-11-19(18)23-14-6-13-21(23)24(20)22/h1-9,11-14,22H,10H2. The Morgan fingerprint density at radius 3 is 2.62 bits per heavy atom. The van der Waals surface area contributed by atoms with Crippen molar-refractivity contribution in [1.29, 1.82) is 0 Å². The second kappa shape index (κ2) is 4.30. The Morgan fingerprint density at radius 2 is 1.67 bits per heavy atom. The zero-order chi connectivity index (χ0) is 15.7. The van der Waals surface area contributed by atoms with Crippen LogP contribution in [0, 0.1) is 0 Å². The lowest BCUT2D eigenvalue weighted by molar-refractivity contribution is 0.723. The van der Waals surface area contributed by atoms with Crippen LogP contribution in [-0.4, -0.2) is 4.57 Å². The van der Waals surface area contributed by atoms with Crippen LogP contribution in [0.1, 0.15) is 23.6 Å². The number of allylic oxidation sites excluding steroid dienone is 3. The summed E-state index contributed by atoms with van der Waals surface area (Å²) in [5, 5.41) is 0. The number of fused-ring (bicyclic) bond motifs is 10. The molecule has 2 aliphatic heterocycles. The normalized spacial score (nSPS) is 19.5. The van der Waals surface area contributed by atoms with Gasteiger partial charge in [0.15, 0.2) is 0 Å². The van der Waals surface area contributed by atoms with Gasteiger partial charge in [-0.15, -0.1) is 0 Å². The molecular weight excluding hydrogens is 292 g/mol. The molecule has 0 amide bonds. The SMILES string of the molecule is C1=CC2=C(C1)C1c3ccccc3-n3cccc3N1c1ccccc12. The zero-order valence-electron chi connectivity index (χ0n) is 13.2. The van der Waals surface area contributed by atoms with Crippen molar-refractivity contribution in [3.05, 3.63) is 95.7 Å². The maximum absolute atomic E-state index is 2.52. The van der Waals surface area contributed by atoms with Crippen molar-refractivity contribution in [2.45, 2.75) is 12.5 Å². The maximum Gasteiger partial charge on any atom is 0.118 e. The van der Waals surface area contributed by atoms with E-state index >= 15 is 0 Å². The molecule has 1 aromatic heterocycles. The number of benzene rings is 2. The minimum Gasteiger partial charge on any atom is -0.315 e. The molecule has 0 bridgehead atoms. The van der Waals surface area contributed by atoms with E-state index in [-0.39, 0.29) is 0 Å². The lowest BCUT2D eigenvalue weighted by Crippen LogP contribution is -2.34. The Morgan fingerprint density at radius 1 is 0.833 bits per heavy atom. The molecule has 1 atom stereocenters. The minimum atomic E-state index is 0.295. The van der Waals surface area contributed by atoms with Crippen LogP contribution in [-0.2, 0) is 0 Å². The van der Waals surface area contributed by atoms with Gasteiger partial charge in [-0.1, -0.05) is 48.6 Å². The second-order valence-electron chi connectivity index (χ2n) is 6.63. The zero-order valence-corrected chi connectivity index (χ0v) is 13.2. The summed E-state index contributed by atoms with van der Waals surface area (Å²) in [5.74, 6) is 1.25. The molecule has 0 fully saturated rings. The van der Waals surface area contributed by atoms with Gasteiger partial charge in [-0.3, -0.25) is 0 Å². The van der Waals surface area contributed by atoms with Crippen molar-refractivity contribution in [1.82, 2.24) is 4.57 Å². The van der Waals surface area contributed by atoms with E-state index in [9.17, 15) is 0 Å². The smallest absolute Gasteiger partial charge is 0.118 e. The summed E-state index contributed by atoms with van der Waals surface area (Å²) in [6.07, 6.45) is 7.83. The molecule has 0 spiro atoms. The van der Waals surface area contributed by atoms with Gasteiger partial charge < -0.3 is 9.47 Å². The number of rotatable bonds is 0. The van der Waals surface area contributed by atoms with E-state index in [0.29, 0.717) is 6.04 Å². The molecule has 2 aromatic carbocycles. The number of anilines is 2. The topological polar surface area (TPSA) is 8.17 Å². The van der Waals surface area contributed by atoms with Gasteiger partial charge in [-0.25, -0.2) is 0 Å². The Labute approximate surface area is 141 Å². The van der Waals surface area contributed by atoms with Crippen LogP contribution in [0.5, 0.6) is 0 Å². The van der Waals surface area contributed by atoms with Crippen molar-refractivity contribution in [2.24, 2.45) is 0 Å². The molecule has 3 aromatic rings. The predicted molar refractivity (Wildman–Crippen MR) is 97.8 cm³/mol. The molecule has 6 rings (SSSR count). The van der Waals surface area contributed by atoms with Gasteiger partial charge in [-0.05, 0) is 41.8 Å². The fraction of sp³-hybridized carbons (Fsp3) is 0.0909. The monoisotopic (exact) mass is 308 g/mol. The molecule has 2 heteroatoms. The molecule has 24 heavy (non-hydrogen) atoms. The number of aromatic nitrogens is 1. The maximum atomic E-state index is 2.52. The highest BCUT2D eigenvalue weighted by Crippen LogP contribution is 2.55. The van der Waals surface area contributed by atoms with Crippen LogP contribution in [0.15, 0.2) is 84.6 Å². The van der Waals surface area contributed by atoms with E-state index in [1.807, 2.05) is 0 Å². The molecular formula is C22H16N2. The second-order valence-corrected chi connectivity index (χ2v) is 6.63. The lowest BCUT2D eigenvalue weighted by atomic mass is 9.84. The number of para-hydroxylation sites is 2. The largest absolute Gasteiger partial charge is 0.315 e. The van der Waals surface area contributed by atoms with Gasteiger partial charge in [-0.2, -0.15) is 0 Å². The van der Waals surface area contributed by atoms with Gasteiger partial charge in [0, 0.05) is 17.3 Å². The van der Waals surface area contributed by atoms with Crippen molar-refractivity contribution < 1.29 is 0 Å². The van der Waals surface area contributed by atoms with Gasteiger partial charge in [0.25, 0.3) is 0 Å². The van der Waals surface area contributed by atoms with Crippen LogP contribution in [0.2, 0.25) is 0 Å². The third-order valence-electron chi connectivity index (χ3n) is 5.48. The number of nitrogens with zero attached hydrogens (tertiary/aromatic N) is 2. The first-order valence-electron chi connectivity index (χ1n) is 8.48. The van der Waals surface area contributed by atoms with Gasteiger partial charge >= 0.3 is 0 Å². The quantitative estimate of drug-likeness (QED) is 0.540. The number of hydrogen-bond acceptors (Lipinski definition) is 1. The first-order valence-corrected chi connectivity index (χ1v) is 8.48. The van der Waals surface area contributed by atoms with E-state index < -0.39 is 0 Å². The average Bonchev–Trinajstić information content (AvgIpc) is 3.31. The van der Waals surface area contributed by atoms with E-state index in [4.69, 9.17) is 0 Å². The third-order valence-corrected chi connectivity index (χ3v) is 5.48. The molecule has 0 saturated carbocycles. The Kier molecular flexibility index (Phi) is 2.22. The number of hydrogen-bond donors (Lipinski definition) is 0. The first-order chi connectivity index (χ1) is 11.9. The van der Waals surface area contributed by atoms with Crippen molar-refractivity contribution >= 4 is 17.1 Å². The van der Waals surface area contributed by atoms with E-state index in [0.717, 1.165) is 6.42 Å². The third kappa shape index (κ3) is 1.37. The molecule has 1 unspecified atom stereocenters. The Balaban J connectivity index is 1.75. The highest BCUT2D eigenvalue weighted by molar-refractivity contribution is 5.93. The van der Waals surface area contributed by atoms with Crippen LogP contribution < -0.4 is 4.90 Å². The summed E-state index contributed by atoms with van der Waals surface area (Å²) in [6, 6.07) is 22.3. The van der Waals surface area contributed by atoms with Crippen molar-refractivity contribution in [2.75, 3.05) is 4.90 Å². The van der Waals surface area contributed by atoms with Crippen molar-refractivity contribution in [3.8, 4) is 5.69 Å². The van der Waals surface area contributed by atoms with Crippen LogP contribution in [0.25, 0.3) is 11.3 Å². The van der Waals surface area contributed by atoms with Crippen LogP contribution >= 0.6 is 0 Å². The van der Waals surface area contributed by atoms with Gasteiger partial charge in [0.2, 0.25) is 0 Å². The summed E-state index contributed by atoms with van der Waals surface area (Å²) in [7, 11) is 0. The molecule has 1 aliphatic carbocycles. The molecule has 0 N–H and O–H groups in total. The van der Waals surface area contributed by atoms with Crippen LogP contribution in [0.3, 0.4) is 0 Å². The summed E-state index contributed by atoms with van der Waals surface area (Å²) in [5.41, 5.74) is 8.30. The first kappa shape index (κ1) is 12.4. The summed E-state index contributed by atoms with van der Waals surface area (Å²) in [6.45, 7) is 0. The molecule has 114 valence electrons. The van der Waals surface area contributed by atoms with Gasteiger partial charge in [0.1, 0.15) is 5.82 Å². The Bertz CT molecular complexity index is 1050. The summed E-state index contributed by atoms with van der Waals surface area (Å²) >= 11 is 0. The van der Waals surface area contributed by atoms with E-state index in [2.05, 4.69) is 88.5 Å². The Hall–Kier alpha value is -3.00. The van der Waals surface area contributed by atoms with E-state index in [1.165, 1.54) is 39.5 Å². The highest BCUT2D eigenvalue weighted by Gasteiger charge is 2.39. The van der Waals surface area contributed by atoms with Crippen LogP contribution in [0.4, 0.5) is 11.5 Å². The minimum absolute atomic E-state index is 0.295. The van der Waals surface area contributed by atoms with E-state index in [1.54, 1.807) is 0 Å². The fourth-order valence-corrected chi connectivity index (χ4v) is 4.54. The molecule has 0 radical (unpaired) electrons. The molecule has 2 nitrogen and oxygen atoms in total. The highest BCUT2D eigenvalue weighted by atomic mass is 15.3. The summed E-state index contributed by atoms with van der Waals surface area (Å²) in [4.78, 5) is 2.52. The molecule has 0 saturated heterocycles. The molecule has 3 heterocycles. The fourth-order valence-electron chi connectivity index (χ4n) is 4.54. The average molecular weight is 308 g/mol. The van der Waals surface area contributed by atoms with Crippen molar-refractivity contribution in [3.63, 3.8) is 0 Å². The molecule has 3 aliphatic rings. The predicted octanol–water partition coefficient (Wildman–Crippen LogP) is 5.40. The van der Waals surface area contributed by atoms with Gasteiger partial charge in [0.05, 0.1) is 17.4 Å². The lowest BCUT2D eigenvalue weighted by Gasteiger charge is -2.44.